The quantitative estimate of drug-likeness (QED) is 0.702. The maximum Gasteiger partial charge on any atom is 0.268 e. The molecule has 0 radical (unpaired) electrons. The van der Waals surface area contributed by atoms with Crippen LogP contribution in [0.3, 0.4) is 0 Å². The van der Waals surface area contributed by atoms with Gasteiger partial charge in [0.2, 0.25) is 0 Å². The number of thiazole rings is 1. The van der Waals surface area contributed by atoms with E-state index in [0.717, 1.165) is 18.1 Å². The van der Waals surface area contributed by atoms with Crippen LogP contribution in [0.5, 0.6) is 0 Å². The lowest BCUT2D eigenvalue weighted by atomic mass is 10.2. The van der Waals surface area contributed by atoms with Gasteiger partial charge in [0.1, 0.15) is 5.69 Å². The molecule has 1 amide bonds. The first-order chi connectivity index (χ1) is 7.24. The van der Waals surface area contributed by atoms with Gasteiger partial charge in [-0.1, -0.05) is 26.2 Å². The monoisotopic (exact) mass is 227 g/mol. The Morgan fingerprint density at radius 2 is 2.33 bits per heavy atom. The average Bonchev–Trinajstić information content (AvgIpc) is 2.66. The number of hydrogen-bond acceptors (Lipinski definition) is 4. The molecule has 3 N–H and O–H groups in total. The Labute approximate surface area is 93.9 Å². The van der Waals surface area contributed by atoms with Crippen molar-refractivity contribution in [3.63, 3.8) is 0 Å². The summed E-state index contributed by atoms with van der Waals surface area (Å²) in [6.45, 7) is 3.10. The van der Waals surface area contributed by atoms with E-state index >= 15 is 0 Å². The van der Waals surface area contributed by atoms with Gasteiger partial charge in [0.05, 0.1) is 0 Å². The SMILES string of the molecule is CCCCCCNc1nc(C(N)=O)cs1. The van der Waals surface area contributed by atoms with Gasteiger partial charge in [-0.2, -0.15) is 0 Å². The molecule has 0 unspecified atom stereocenters. The van der Waals surface area contributed by atoms with Crippen LogP contribution in [0.15, 0.2) is 5.38 Å². The summed E-state index contributed by atoms with van der Waals surface area (Å²) in [5.74, 6) is -0.467. The van der Waals surface area contributed by atoms with E-state index in [0.29, 0.717) is 5.69 Å². The molecule has 1 heterocycles. The molecular weight excluding hydrogens is 210 g/mol. The molecule has 0 fully saturated rings. The van der Waals surface area contributed by atoms with Gasteiger partial charge < -0.3 is 11.1 Å². The zero-order valence-corrected chi connectivity index (χ0v) is 9.77. The lowest BCUT2D eigenvalue weighted by molar-refractivity contribution is 0.0996. The standard InChI is InChI=1S/C10H17N3OS/c1-2-3-4-5-6-12-10-13-8(7-15-10)9(11)14/h7H,2-6H2,1H3,(H2,11,14)(H,12,13). The van der Waals surface area contributed by atoms with Crippen LogP contribution in [0.4, 0.5) is 5.13 Å². The number of nitrogens with one attached hydrogen (secondary N) is 1. The molecule has 0 atom stereocenters. The highest BCUT2D eigenvalue weighted by atomic mass is 32.1. The van der Waals surface area contributed by atoms with Crippen molar-refractivity contribution in [1.82, 2.24) is 4.98 Å². The first-order valence-electron chi connectivity index (χ1n) is 5.23. The Morgan fingerprint density at radius 1 is 1.53 bits per heavy atom. The molecule has 1 aromatic rings. The summed E-state index contributed by atoms with van der Waals surface area (Å²) in [4.78, 5) is 14.8. The maximum atomic E-state index is 10.8. The van der Waals surface area contributed by atoms with Crippen molar-refractivity contribution in [2.45, 2.75) is 32.6 Å². The molecule has 1 rings (SSSR count). The zero-order valence-electron chi connectivity index (χ0n) is 8.95. The molecule has 0 saturated heterocycles. The van der Waals surface area contributed by atoms with Crippen LogP contribution in [0, 0.1) is 0 Å². The van der Waals surface area contributed by atoms with Crippen molar-refractivity contribution in [1.29, 1.82) is 0 Å². The number of carbonyl (C=O) groups is 1. The summed E-state index contributed by atoms with van der Waals surface area (Å²) < 4.78 is 0. The van der Waals surface area contributed by atoms with Gasteiger partial charge in [-0.05, 0) is 6.42 Å². The molecule has 0 spiro atoms. The molecule has 0 aromatic carbocycles. The van der Waals surface area contributed by atoms with Gasteiger partial charge in [-0.25, -0.2) is 4.98 Å². The smallest absolute Gasteiger partial charge is 0.268 e. The molecule has 4 nitrogen and oxygen atoms in total. The molecule has 0 bridgehead atoms. The van der Waals surface area contributed by atoms with E-state index in [1.165, 1.54) is 30.6 Å². The molecular formula is C10H17N3OS. The van der Waals surface area contributed by atoms with Crippen LogP contribution in [0.2, 0.25) is 0 Å². The van der Waals surface area contributed by atoms with Gasteiger partial charge in [0.15, 0.2) is 5.13 Å². The summed E-state index contributed by atoms with van der Waals surface area (Å²) in [5.41, 5.74) is 5.44. The minimum absolute atomic E-state index is 0.344. The zero-order chi connectivity index (χ0) is 11.1. The fourth-order valence-corrected chi connectivity index (χ4v) is 1.94. The predicted octanol–water partition coefficient (Wildman–Crippen LogP) is 2.23. The third-order valence-electron chi connectivity index (χ3n) is 2.06. The van der Waals surface area contributed by atoms with Crippen LogP contribution >= 0.6 is 11.3 Å². The van der Waals surface area contributed by atoms with E-state index in [1.807, 2.05) is 0 Å². The van der Waals surface area contributed by atoms with E-state index < -0.39 is 5.91 Å². The van der Waals surface area contributed by atoms with Gasteiger partial charge in [-0.3, -0.25) is 4.79 Å². The van der Waals surface area contributed by atoms with Crippen molar-refractivity contribution in [2.75, 3.05) is 11.9 Å². The van der Waals surface area contributed by atoms with Gasteiger partial charge >= 0.3 is 0 Å². The normalized spacial score (nSPS) is 10.2. The van der Waals surface area contributed by atoms with Crippen LogP contribution < -0.4 is 11.1 Å². The summed E-state index contributed by atoms with van der Waals surface area (Å²) in [7, 11) is 0. The largest absolute Gasteiger partial charge is 0.364 e. The third-order valence-corrected chi connectivity index (χ3v) is 2.86. The fourth-order valence-electron chi connectivity index (χ4n) is 1.22. The Kier molecular flexibility index (Phi) is 5.10. The Balaban J connectivity index is 2.23. The van der Waals surface area contributed by atoms with Crippen molar-refractivity contribution in [3.8, 4) is 0 Å². The Bertz CT molecular complexity index is 311. The number of carbonyl (C=O) groups excluding carboxylic acids is 1. The van der Waals surface area contributed by atoms with Gasteiger partial charge in [-0.15, -0.1) is 11.3 Å². The molecule has 0 saturated carbocycles. The third kappa shape index (κ3) is 4.29. The van der Waals surface area contributed by atoms with Crippen molar-refractivity contribution in [2.24, 2.45) is 5.73 Å². The maximum absolute atomic E-state index is 10.8. The van der Waals surface area contributed by atoms with Crippen LogP contribution in [0.25, 0.3) is 0 Å². The van der Waals surface area contributed by atoms with Crippen molar-refractivity contribution < 1.29 is 4.79 Å². The van der Waals surface area contributed by atoms with E-state index in [9.17, 15) is 4.79 Å². The summed E-state index contributed by atoms with van der Waals surface area (Å²) in [6, 6.07) is 0. The summed E-state index contributed by atoms with van der Waals surface area (Å²) >= 11 is 1.42. The van der Waals surface area contributed by atoms with E-state index in [2.05, 4.69) is 17.2 Å². The first-order valence-corrected chi connectivity index (χ1v) is 6.11. The fraction of sp³-hybridized carbons (Fsp3) is 0.600. The number of nitrogens with zero attached hydrogens (tertiary/aromatic N) is 1. The first kappa shape index (κ1) is 12.0. The lowest BCUT2D eigenvalue weighted by Crippen LogP contribution is -2.11. The van der Waals surface area contributed by atoms with E-state index in [-0.39, 0.29) is 0 Å². The Morgan fingerprint density at radius 3 is 2.93 bits per heavy atom. The molecule has 15 heavy (non-hydrogen) atoms. The second kappa shape index (κ2) is 6.40. The molecule has 84 valence electrons. The van der Waals surface area contributed by atoms with Crippen LogP contribution in [0.1, 0.15) is 43.1 Å². The minimum atomic E-state index is -0.467. The summed E-state index contributed by atoms with van der Waals surface area (Å²) in [5, 5.41) is 5.63. The number of aromatic nitrogens is 1. The van der Waals surface area contributed by atoms with Crippen LogP contribution in [-0.4, -0.2) is 17.4 Å². The highest BCUT2D eigenvalue weighted by Gasteiger charge is 2.05. The highest BCUT2D eigenvalue weighted by molar-refractivity contribution is 7.13. The number of hydrogen-bond donors (Lipinski definition) is 2. The van der Waals surface area contributed by atoms with Gasteiger partial charge in [0, 0.05) is 11.9 Å². The number of amides is 1. The summed E-state index contributed by atoms with van der Waals surface area (Å²) in [6.07, 6.45) is 4.88. The molecule has 0 aliphatic heterocycles. The van der Waals surface area contributed by atoms with E-state index in [4.69, 9.17) is 5.73 Å². The molecule has 5 heteroatoms. The van der Waals surface area contributed by atoms with Crippen LogP contribution in [-0.2, 0) is 0 Å². The number of rotatable bonds is 7. The second-order valence-corrected chi connectivity index (χ2v) is 4.25. The number of nitrogens with two attached hydrogens (primary N) is 1. The molecule has 0 aliphatic rings. The average molecular weight is 227 g/mol. The molecule has 1 aromatic heterocycles. The topological polar surface area (TPSA) is 68.0 Å². The number of primary amides is 1. The van der Waals surface area contributed by atoms with E-state index in [1.54, 1.807) is 5.38 Å². The van der Waals surface area contributed by atoms with Crippen molar-refractivity contribution in [3.05, 3.63) is 11.1 Å². The van der Waals surface area contributed by atoms with Crippen molar-refractivity contribution >= 4 is 22.4 Å². The number of unbranched alkanes of at least 4 members (excludes halogenated alkanes) is 3. The second-order valence-electron chi connectivity index (χ2n) is 3.39. The highest BCUT2D eigenvalue weighted by Crippen LogP contribution is 2.14. The minimum Gasteiger partial charge on any atom is -0.364 e. The number of anilines is 1. The van der Waals surface area contributed by atoms with Gasteiger partial charge in [0.25, 0.3) is 5.91 Å². The lowest BCUT2D eigenvalue weighted by Gasteiger charge is -2.01. The Hall–Kier alpha value is -1.10. The predicted molar refractivity (Wildman–Crippen MR) is 63.3 cm³/mol. The molecule has 0 aliphatic carbocycles.